The van der Waals surface area contributed by atoms with Crippen molar-refractivity contribution < 1.29 is 9.90 Å². The summed E-state index contributed by atoms with van der Waals surface area (Å²) < 4.78 is 0. The SMILES string of the molecule is CCCCCCCCC=CCCCCCCC(C(N)=O)C(O)CC. The molecule has 0 saturated carbocycles. The number of hydrogen-bond donors (Lipinski definition) is 2. The van der Waals surface area contributed by atoms with Crippen molar-refractivity contribution in [3.8, 4) is 0 Å². The molecule has 0 aromatic heterocycles. The molecular weight excluding hydrogens is 298 g/mol. The molecule has 0 aliphatic heterocycles. The zero-order valence-electron chi connectivity index (χ0n) is 16.1. The van der Waals surface area contributed by atoms with Gasteiger partial charge in [-0.05, 0) is 38.5 Å². The molecule has 3 N–H and O–H groups in total. The fraction of sp³-hybridized carbons (Fsp3) is 0.857. The van der Waals surface area contributed by atoms with Crippen molar-refractivity contribution in [2.24, 2.45) is 11.7 Å². The van der Waals surface area contributed by atoms with E-state index in [4.69, 9.17) is 5.73 Å². The summed E-state index contributed by atoms with van der Waals surface area (Å²) in [5, 5.41) is 9.78. The summed E-state index contributed by atoms with van der Waals surface area (Å²) >= 11 is 0. The highest BCUT2D eigenvalue weighted by molar-refractivity contribution is 5.77. The minimum Gasteiger partial charge on any atom is -0.392 e. The fourth-order valence-electron chi connectivity index (χ4n) is 3.07. The molecule has 0 aliphatic rings. The van der Waals surface area contributed by atoms with Gasteiger partial charge in [0.1, 0.15) is 0 Å². The second kappa shape index (κ2) is 17.0. The summed E-state index contributed by atoms with van der Waals surface area (Å²) in [6.07, 6.45) is 20.5. The van der Waals surface area contributed by atoms with Crippen LogP contribution in [0.3, 0.4) is 0 Å². The number of carbonyl (C=O) groups excluding carboxylic acids is 1. The van der Waals surface area contributed by atoms with E-state index < -0.39 is 6.10 Å². The maximum absolute atomic E-state index is 11.3. The van der Waals surface area contributed by atoms with Crippen LogP contribution in [0.4, 0.5) is 0 Å². The third-order valence-corrected chi connectivity index (χ3v) is 4.78. The maximum atomic E-state index is 11.3. The molecule has 3 heteroatoms. The van der Waals surface area contributed by atoms with Gasteiger partial charge in [0, 0.05) is 0 Å². The van der Waals surface area contributed by atoms with E-state index in [0.717, 1.165) is 25.7 Å². The van der Waals surface area contributed by atoms with E-state index >= 15 is 0 Å². The van der Waals surface area contributed by atoms with Crippen LogP contribution in [0, 0.1) is 5.92 Å². The molecular formula is C21H41NO2. The monoisotopic (exact) mass is 339 g/mol. The normalized spacial score (nSPS) is 14.1. The van der Waals surface area contributed by atoms with Crippen molar-refractivity contribution in [3.63, 3.8) is 0 Å². The van der Waals surface area contributed by atoms with Crippen LogP contribution in [-0.4, -0.2) is 17.1 Å². The average molecular weight is 340 g/mol. The van der Waals surface area contributed by atoms with E-state index in [1.54, 1.807) is 0 Å². The lowest BCUT2D eigenvalue weighted by Gasteiger charge is -2.18. The van der Waals surface area contributed by atoms with E-state index in [9.17, 15) is 9.90 Å². The summed E-state index contributed by atoms with van der Waals surface area (Å²) in [5.74, 6) is -0.728. The number of allylic oxidation sites excluding steroid dienone is 2. The van der Waals surface area contributed by atoms with Gasteiger partial charge in [-0.15, -0.1) is 0 Å². The molecule has 2 unspecified atom stereocenters. The van der Waals surface area contributed by atoms with Crippen molar-refractivity contribution in [3.05, 3.63) is 12.2 Å². The van der Waals surface area contributed by atoms with Gasteiger partial charge in [0.15, 0.2) is 0 Å². The molecule has 1 amide bonds. The zero-order valence-corrected chi connectivity index (χ0v) is 16.1. The first-order valence-electron chi connectivity index (χ1n) is 10.3. The molecule has 0 saturated heterocycles. The molecule has 142 valence electrons. The first-order chi connectivity index (χ1) is 11.6. The Hall–Kier alpha value is -0.830. The number of aliphatic hydroxyl groups excluding tert-OH is 1. The van der Waals surface area contributed by atoms with Gasteiger partial charge in [0.25, 0.3) is 0 Å². The minimum absolute atomic E-state index is 0.359. The van der Waals surface area contributed by atoms with Crippen LogP contribution in [0.5, 0.6) is 0 Å². The van der Waals surface area contributed by atoms with Crippen molar-refractivity contribution in [1.29, 1.82) is 0 Å². The van der Waals surface area contributed by atoms with Gasteiger partial charge in [-0.1, -0.05) is 77.4 Å². The Balaban J connectivity index is 3.43. The maximum Gasteiger partial charge on any atom is 0.223 e. The van der Waals surface area contributed by atoms with Crippen LogP contribution < -0.4 is 5.73 Å². The van der Waals surface area contributed by atoms with Crippen LogP contribution in [0.2, 0.25) is 0 Å². The number of hydrogen-bond acceptors (Lipinski definition) is 2. The van der Waals surface area contributed by atoms with Gasteiger partial charge in [-0.3, -0.25) is 4.79 Å². The van der Waals surface area contributed by atoms with Gasteiger partial charge in [-0.25, -0.2) is 0 Å². The number of primary amides is 1. The number of aliphatic hydroxyl groups is 1. The Kier molecular flexibility index (Phi) is 16.4. The molecule has 0 bridgehead atoms. The first kappa shape index (κ1) is 23.2. The molecule has 0 radical (unpaired) electrons. The van der Waals surface area contributed by atoms with E-state index in [1.807, 2.05) is 6.92 Å². The summed E-state index contributed by atoms with van der Waals surface area (Å²) in [4.78, 5) is 11.3. The lowest BCUT2D eigenvalue weighted by molar-refractivity contribution is -0.125. The van der Waals surface area contributed by atoms with Crippen molar-refractivity contribution >= 4 is 5.91 Å². The van der Waals surface area contributed by atoms with Crippen molar-refractivity contribution in [2.45, 2.75) is 110 Å². The Labute approximate surface area is 150 Å². The van der Waals surface area contributed by atoms with Gasteiger partial charge in [0.05, 0.1) is 12.0 Å². The highest BCUT2D eigenvalue weighted by Crippen LogP contribution is 2.17. The average Bonchev–Trinajstić information content (AvgIpc) is 2.57. The molecule has 0 aromatic rings. The summed E-state index contributed by atoms with van der Waals surface area (Å²) in [6.45, 7) is 4.14. The number of unbranched alkanes of at least 4 members (excludes halogenated alkanes) is 10. The Bertz CT molecular complexity index is 315. The largest absolute Gasteiger partial charge is 0.392 e. The quantitative estimate of drug-likeness (QED) is 0.271. The van der Waals surface area contributed by atoms with Crippen molar-refractivity contribution in [2.75, 3.05) is 0 Å². The number of rotatable bonds is 17. The highest BCUT2D eigenvalue weighted by atomic mass is 16.3. The van der Waals surface area contributed by atoms with Crippen molar-refractivity contribution in [1.82, 2.24) is 0 Å². The predicted molar refractivity (Wildman–Crippen MR) is 104 cm³/mol. The predicted octanol–water partition coefficient (Wildman–Crippen LogP) is 5.51. The smallest absolute Gasteiger partial charge is 0.223 e. The van der Waals surface area contributed by atoms with Gasteiger partial charge < -0.3 is 10.8 Å². The van der Waals surface area contributed by atoms with Crippen LogP contribution >= 0.6 is 0 Å². The topological polar surface area (TPSA) is 63.3 Å². The van der Waals surface area contributed by atoms with Crippen LogP contribution in [-0.2, 0) is 4.79 Å². The second-order valence-electron chi connectivity index (χ2n) is 7.00. The van der Waals surface area contributed by atoms with Gasteiger partial charge in [0.2, 0.25) is 5.91 Å². The lowest BCUT2D eigenvalue weighted by atomic mass is 9.93. The Morgan fingerprint density at radius 1 is 0.875 bits per heavy atom. The standard InChI is InChI=1S/C21H41NO2/c1-3-5-6-7-8-9-10-11-12-13-14-15-16-17-18-19(21(22)24)20(23)4-2/h11-12,19-20,23H,3-10,13-18H2,1-2H3,(H2,22,24). The number of amides is 1. The van der Waals surface area contributed by atoms with E-state index in [2.05, 4.69) is 19.1 Å². The van der Waals surface area contributed by atoms with E-state index in [0.29, 0.717) is 6.42 Å². The lowest BCUT2D eigenvalue weighted by Crippen LogP contribution is -2.33. The first-order valence-corrected chi connectivity index (χ1v) is 10.3. The molecule has 0 fully saturated rings. The van der Waals surface area contributed by atoms with Crippen LogP contribution in [0.25, 0.3) is 0 Å². The Morgan fingerprint density at radius 3 is 1.88 bits per heavy atom. The Morgan fingerprint density at radius 2 is 1.38 bits per heavy atom. The molecule has 0 rings (SSSR count). The van der Waals surface area contributed by atoms with E-state index in [-0.39, 0.29) is 11.8 Å². The second-order valence-corrected chi connectivity index (χ2v) is 7.00. The molecule has 3 nitrogen and oxygen atoms in total. The molecule has 0 spiro atoms. The molecule has 0 aliphatic carbocycles. The van der Waals surface area contributed by atoms with Gasteiger partial charge >= 0.3 is 0 Å². The summed E-state index contributed by atoms with van der Waals surface area (Å²) in [7, 11) is 0. The third-order valence-electron chi connectivity index (χ3n) is 4.78. The molecule has 0 aromatic carbocycles. The zero-order chi connectivity index (χ0) is 18.0. The summed E-state index contributed by atoms with van der Waals surface area (Å²) in [5.41, 5.74) is 5.36. The number of carbonyl (C=O) groups is 1. The van der Waals surface area contributed by atoms with Crippen LogP contribution in [0.15, 0.2) is 12.2 Å². The molecule has 0 heterocycles. The third kappa shape index (κ3) is 13.6. The molecule has 2 atom stereocenters. The minimum atomic E-state index is -0.576. The summed E-state index contributed by atoms with van der Waals surface area (Å²) in [6, 6.07) is 0. The van der Waals surface area contributed by atoms with E-state index in [1.165, 1.54) is 57.8 Å². The highest BCUT2D eigenvalue weighted by Gasteiger charge is 2.22. The number of nitrogens with two attached hydrogens (primary N) is 1. The molecule has 24 heavy (non-hydrogen) atoms. The fourth-order valence-corrected chi connectivity index (χ4v) is 3.07. The van der Waals surface area contributed by atoms with Crippen LogP contribution in [0.1, 0.15) is 104 Å². The van der Waals surface area contributed by atoms with Gasteiger partial charge in [-0.2, -0.15) is 0 Å².